The van der Waals surface area contributed by atoms with Crippen LogP contribution in [0.15, 0.2) is 24.5 Å². The molecule has 0 aliphatic heterocycles. The Morgan fingerprint density at radius 2 is 2.33 bits per heavy atom. The van der Waals surface area contributed by atoms with Crippen LogP contribution >= 0.6 is 11.6 Å². The first-order chi connectivity index (χ1) is 8.74. The molecule has 7 heteroatoms. The number of carbonyl (C=O) groups excluding carboxylic acids is 1. The quantitative estimate of drug-likeness (QED) is 0.918. The fourth-order valence-electron chi connectivity index (χ4n) is 1.55. The van der Waals surface area contributed by atoms with Crippen LogP contribution in [0.5, 0.6) is 0 Å². The number of nitrogens with one attached hydrogen (secondary N) is 1. The van der Waals surface area contributed by atoms with E-state index in [1.165, 1.54) is 0 Å². The molecular formula is C11H10ClN5O. The van der Waals surface area contributed by atoms with Gasteiger partial charge < -0.3 is 5.32 Å². The third-order valence-corrected chi connectivity index (χ3v) is 2.96. The minimum absolute atomic E-state index is 0.267. The van der Waals surface area contributed by atoms with E-state index in [4.69, 9.17) is 11.6 Å². The standard InChI is InChI=1S/C11H10ClN5O/c12-8-2-1-5-13-10(8)14-11(18)9-6-17(16-15-9)7-3-4-7/h1-2,5-7H,3-4H2,(H,13,14,18). The largest absolute Gasteiger partial charge is 0.304 e. The van der Waals surface area contributed by atoms with Crippen molar-refractivity contribution in [1.82, 2.24) is 20.0 Å². The summed E-state index contributed by atoms with van der Waals surface area (Å²) in [5.74, 6) is -0.0346. The van der Waals surface area contributed by atoms with E-state index in [-0.39, 0.29) is 11.6 Å². The number of hydrogen-bond acceptors (Lipinski definition) is 4. The zero-order valence-corrected chi connectivity index (χ0v) is 10.1. The number of aromatic nitrogens is 4. The topological polar surface area (TPSA) is 72.7 Å². The molecule has 0 atom stereocenters. The lowest BCUT2D eigenvalue weighted by Crippen LogP contribution is -2.13. The molecule has 1 aliphatic rings. The molecule has 0 bridgehead atoms. The van der Waals surface area contributed by atoms with Gasteiger partial charge in [0.25, 0.3) is 5.91 Å². The summed E-state index contributed by atoms with van der Waals surface area (Å²) in [6, 6.07) is 3.75. The Morgan fingerprint density at radius 3 is 3.06 bits per heavy atom. The number of carbonyl (C=O) groups is 1. The van der Waals surface area contributed by atoms with Gasteiger partial charge in [0, 0.05) is 6.20 Å². The van der Waals surface area contributed by atoms with Crippen LogP contribution in [-0.4, -0.2) is 25.9 Å². The SMILES string of the molecule is O=C(Nc1ncccc1Cl)c1cn(C2CC2)nn1. The average molecular weight is 264 g/mol. The molecule has 2 aromatic rings. The van der Waals surface area contributed by atoms with Crippen LogP contribution in [0.1, 0.15) is 29.4 Å². The normalized spacial score (nSPS) is 14.5. The van der Waals surface area contributed by atoms with Gasteiger partial charge in [0.15, 0.2) is 11.5 Å². The number of rotatable bonds is 3. The molecule has 2 heterocycles. The van der Waals surface area contributed by atoms with Gasteiger partial charge in [-0.3, -0.25) is 4.79 Å². The Balaban J connectivity index is 1.76. The predicted molar refractivity (Wildman–Crippen MR) is 65.5 cm³/mol. The van der Waals surface area contributed by atoms with Crippen LogP contribution in [-0.2, 0) is 0 Å². The average Bonchev–Trinajstić information content (AvgIpc) is 3.10. The molecule has 0 radical (unpaired) electrons. The van der Waals surface area contributed by atoms with Crippen molar-refractivity contribution in [2.24, 2.45) is 0 Å². The van der Waals surface area contributed by atoms with E-state index in [1.807, 2.05) is 0 Å². The molecule has 0 unspecified atom stereocenters. The lowest BCUT2D eigenvalue weighted by atomic mass is 10.4. The van der Waals surface area contributed by atoms with Gasteiger partial charge in [-0.05, 0) is 25.0 Å². The Morgan fingerprint density at radius 1 is 1.50 bits per heavy atom. The number of halogens is 1. The van der Waals surface area contributed by atoms with E-state index < -0.39 is 0 Å². The fourth-order valence-corrected chi connectivity index (χ4v) is 1.72. The number of pyridine rings is 1. The molecule has 0 saturated heterocycles. The summed E-state index contributed by atoms with van der Waals surface area (Å²) in [4.78, 5) is 15.9. The van der Waals surface area contributed by atoms with Crippen molar-refractivity contribution in [3.63, 3.8) is 0 Å². The van der Waals surface area contributed by atoms with Gasteiger partial charge in [-0.2, -0.15) is 0 Å². The first-order valence-electron chi connectivity index (χ1n) is 5.58. The molecular weight excluding hydrogens is 254 g/mol. The van der Waals surface area contributed by atoms with Crippen molar-refractivity contribution in [3.8, 4) is 0 Å². The monoisotopic (exact) mass is 263 g/mol. The summed E-state index contributed by atoms with van der Waals surface area (Å²) >= 11 is 5.90. The maximum absolute atomic E-state index is 11.9. The van der Waals surface area contributed by atoms with E-state index in [0.29, 0.717) is 16.9 Å². The summed E-state index contributed by atoms with van der Waals surface area (Å²) in [6.07, 6.45) is 5.39. The van der Waals surface area contributed by atoms with Crippen molar-refractivity contribution >= 4 is 23.3 Å². The second kappa shape index (κ2) is 4.38. The second-order valence-corrected chi connectivity index (χ2v) is 4.51. The smallest absolute Gasteiger partial charge is 0.279 e. The van der Waals surface area contributed by atoms with Gasteiger partial charge >= 0.3 is 0 Å². The van der Waals surface area contributed by atoms with Crippen molar-refractivity contribution in [1.29, 1.82) is 0 Å². The van der Waals surface area contributed by atoms with Crippen molar-refractivity contribution in [2.75, 3.05) is 5.32 Å². The van der Waals surface area contributed by atoms with Crippen LogP contribution < -0.4 is 5.32 Å². The summed E-state index contributed by atoms with van der Waals surface area (Å²) in [6.45, 7) is 0. The van der Waals surface area contributed by atoms with Crippen molar-refractivity contribution in [3.05, 3.63) is 35.2 Å². The lowest BCUT2D eigenvalue weighted by Gasteiger charge is -2.02. The molecule has 3 rings (SSSR count). The highest BCUT2D eigenvalue weighted by atomic mass is 35.5. The zero-order valence-electron chi connectivity index (χ0n) is 9.38. The fraction of sp³-hybridized carbons (Fsp3) is 0.273. The third kappa shape index (κ3) is 2.19. The Kier molecular flexibility index (Phi) is 2.71. The zero-order chi connectivity index (χ0) is 12.5. The Hall–Kier alpha value is -1.95. The minimum atomic E-state index is -0.359. The van der Waals surface area contributed by atoms with Crippen LogP contribution in [0.4, 0.5) is 5.82 Å². The van der Waals surface area contributed by atoms with Gasteiger partial charge in [-0.25, -0.2) is 9.67 Å². The van der Waals surface area contributed by atoms with Crippen LogP contribution in [0, 0.1) is 0 Å². The maximum atomic E-state index is 11.9. The maximum Gasteiger partial charge on any atom is 0.279 e. The molecule has 2 aromatic heterocycles. The van der Waals surface area contributed by atoms with Gasteiger partial charge in [-0.15, -0.1) is 5.10 Å². The third-order valence-electron chi connectivity index (χ3n) is 2.65. The molecule has 1 fully saturated rings. The van der Waals surface area contributed by atoms with Gasteiger partial charge in [0.2, 0.25) is 0 Å². The van der Waals surface area contributed by atoms with Crippen LogP contribution in [0.2, 0.25) is 5.02 Å². The molecule has 18 heavy (non-hydrogen) atoms. The molecule has 0 spiro atoms. The molecule has 1 aliphatic carbocycles. The molecule has 92 valence electrons. The van der Waals surface area contributed by atoms with Gasteiger partial charge in [0.1, 0.15) is 0 Å². The highest BCUT2D eigenvalue weighted by Crippen LogP contribution is 2.33. The van der Waals surface area contributed by atoms with Gasteiger partial charge in [-0.1, -0.05) is 16.8 Å². The molecule has 0 aromatic carbocycles. The lowest BCUT2D eigenvalue weighted by molar-refractivity contribution is 0.102. The van der Waals surface area contributed by atoms with Gasteiger partial charge in [0.05, 0.1) is 17.3 Å². The van der Waals surface area contributed by atoms with E-state index >= 15 is 0 Å². The highest BCUT2D eigenvalue weighted by molar-refractivity contribution is 6.33. The second-order valence-electron chi connectivity index (χ2n) is 4.10. The Labute approximate surface area is 108 Å². The van der Waals surface area contributed by atoms with E-state index in [9.17, 15) is 4.79 Å². The number of nitrogens with zero attached hydrogens (tertiary/aromatic N) is 4. The van der Waals surface area contributed by atoms with Crippen molar-refractivity contribution < 1.29 is 4.79 Å². The summed E-state index contributed by atoms with van der Waals surface area (Å²) in [5, 5.41) is 10.7. The minimum Gasteiger partial charge on any atom is -0.304 e. The van der Waals surface area contributed by atoms with Crippen molar-refractivity contribution in [2.45, 2.75) is 18.9 Å². The van der Waals surface area contributed by atoms with E-state index in [1.54, 1.807) is 29.2 Å². The summed E-state index contributed by atoms with van der Waals surface area (Å²) in [7, 11) is 0. The molecule has 1 N–H and O–H groups in total. The van der Waals surface area contributed by atoms with E-state index in [0.717, 1.165) is 12.8 Å². The first-order valence-corrected chi connectivity index (χ1v) is 5.95. The number of hydrogen-bond donors (Lipinski definition) is 1. The summed E-state index contributed by atoms with van der Waals surface area (Å²) < 4.78 is 1.72. The van der Waals surface area contributed by atoms with Crippen LogP contribution in [0.3, 0.4) is 0 Å². The first kappa shape index (κ1) is 11.2. The summed E-state index contributed by atoms with van der Waals surface area (Å²) in [5.41, 5.74) is 0.267. The highest BCUT2D eigenvalue weighted by Gasteiger charge is 2.26. The molecule has 1 amide bonds. The molecule has 1 saturated carbocycles. The van der Waals surface area contributed by atoms with Crippen LogP contribution in [0.25, 0.3) is 0 Å². The van der Waals surface area contributed by atoms with E-state index in [2.05, 4.69) is 20.6 Å². The Bertz CT molecular complexity index is 593. The predicted octanol–water partition coefficient (Wildman–Crippen LogP) is 1.91. The number of amides is 1. The number of anilines is 1. The molecule has 6 nitrogen and oxygen atoms in total.